The first-order chi connectivity index (χ1) is 12.7. The van der Waals surface area contributed by atoms with E-state index in [1.54, 1.807) is 42.7 Å². The molecule has 0 aliphatic carbocycles. The maximum Gasteiger partial charge on any atom is 0.256 e. The van der Waals surface area contributed by atoms with E-state index in [0.717, 1.165) is 22.4 Å². The van der Waals surface area contributed by atoms with Gasteiger partial charge in [0.1, 0.15) is 5.75 Å². The topological polar surface area (TPSA) is 67.4 Å². The van der Waals surface area contributed by atoms with Crippen molar-refractivity contribution >= 4 is 34.5 Å². The molecule has 2 heterocycles. The molecule has 130 valence electrons. The number of rotatable bonds is 4. The van der Waals surface area contributed by atoms with E-state index in [1.807, 2.05) is 29.0 Å². The Bertz CT molecular complexity index is 996. The molecule has 5 nitrogen and oxygen atoms in total. The zero-order chi connectivity index (χ0) is 18.1. The number of anilines is 2. The number of hydrogen-bond donors (Lipinski definition) is 2. The van der Waals surface area contributed by atoms with Crippen LogP contribution in [0.15, 0.2) is 53.2 Å². The van der Waals surface area contributed by atoms with Gasteiger partial charge in [-0.15, -0.1) is 0 Å². The summed E-state index contributed by atoms with van der Waals surface area (Å²) in [6.07, 6.45) is 0.224. The van der Waals surface area contributed by atoms with Crippen LogP contribution in [0.5, 0.6) is 5.75 Å². The Morgan fingerprint density at radius 3 is 2.88 bits per heavy atom. The zero-order valence-electron chi connectivity index (χ0n) is 14.0. The van der Waals surface area contributed by atoms with Crippen molar-refractivity contribution in [2.75, 3.05) is 17.7 Å². The summed E-state index contributed by atoms with van der Waals surface area (Å²) >= 11 is 1.60. The average Bonchev–Trinajstić information content (AvgIpc) is 3.29. The first-order valence-corrected chi connectivity index (χ1v) is 9.03. The van der Waals surface area contributed by atoms with E-state index < -0.39 is 0 Å². The SMILES string of the molecule is COc1ccc(NC(=O)c2cccc3c2CC(=O)N3)cc1-c1ccsc1. The van der Waals surface area contributed by atoms with Gasteiger partial charge < -0.3 is 15.4 Å². The van der Waals surface area contributed by atoms with Crippen molar-refractivity contribution in [1.29, 1.82) is 0 Å². The third kappa shape index (κ3) is 2.95. The van der Waals surface area contributed by atoms with E-state index in [9.17, 15) is 9.59 Å². The van der Waals surface area contributed by atoms with Crippen LogP contribution in [-0.4, -0.2) is 18.9 Å². The molecule has 1 aliphatic rings. The van der Waals surface area contributed by atoms with Crippen LogP contribution in [0.3, 0.4) is 0 Å². The predicted molar refractivity (Wildman–Crippen MR) is 103 cm³/mol. The molecular weight excluding hydrogens is 348 g/mol. The molecule has 0 spiro atoms. The number of nitrogens with one attached hydrogen (secondary N) is 2. The Kier molecular flexibility index (Phi) is 4.18. The molecule has 0 unspecified atom stereocenters. The fraction of sp³-hybridized carbons (Fsp3) is 0.100. The molecule has 0 radical (unpaired) electrons. The van der Waals surface area contributed by atoms with Crippen LogP contribution in [-0.2, 0) is 11.2 Å². The number of amides is 2. The Balaban J connectivity index is 1.64. The highest BCUT2D eigenvalue weighted by atomic mass is 32.1. The molecule has 1 aliphatic heterocycles. The number of thiophene rings is 1. The Morgan fingerprint density at radius 2 is 2.12 bits per heavy atom. The smallest absolute Gasteiger partial charge is 0.256 e. The largest absolute Gasteiger partial charge is 0.496 e. The van der Waals surface area contributed by atoms with Crippen molar-refractivity contribution in [3.05, 3.63) is 64.4 Å². The molecule has 2 N–H and O–H groups in total. The van der Waals surface area contributed by atoms with Gasteiger partial charge in [0.25, 0.3) is 5.91 Å². The summed E-state index contributed by atoms with van der Waals surface area (Å²) in [5, 5.41) is 9.72. The fourth-order valence-corrected chi connectivity index (χ4v) is 3.75. The van der Waals surface area contributed by atoms with Gasteiger partial charge >= 0.3 is 0 Å². The molecular formula is C20H16N2O3S. The van der Waals surface area contributed by atoms with E-state index in [2.05, 4.69) is 10.6 Å². The summed E-state index contributed by atoms with van der Waals surface area (Å²) in [6, 6.07) is 12.9. The molecule has 0 saturated carbocycles. The molecule has 1 aromatic heterocycles. The molecule has 0 saturated heterocycles. The molecule has 3 aromatic rings. The van der Waals surface area contributed by atoms with Gasteiger partial charge in [-0.2, -0.15) is 11.3 Å². The number of methoxy groups -OCH3 is 1. The Labute approximate surface area is 154 Å². The number of carbonyl (C=O) groups excluding carboxylic acids is 2. The van der Waals surface area contributed by atoms with Crippen LogP contribution in [0, 0.1) is 0 Å². The second-order valence-electron chi connectivity index (χ2n) is 5.94. The lowest BCUT2D eigenvalue weighted by atomic mass is 10.0. The minimum atomic E-state index is -0.236. The van der Waals surface area contributed by atoms with Gasteiger partial charge in [0, 0.05) is 22.5 Å². The first kappa shape index (κ1) is 16.4. The van der Waals surface area contributed by atoms with Gasteiger partial charge in [-0.25, -0.2) is 0 Å². The molecule has 26 heavy (non-hydrogen) atoms. The summed E-state index contributed by atoms with van der Waals surface area (Å²) < 4.78 is 5.43. The van der Waals surface area contributed by atoms with Crippen LogP contribution in [0.4, 0.5) is 11.4 Å². The van der Waals surface area contributed by atoms with E-state index in [-0.39, 0.29) is 18.2 Å². The Morgan fingerprint density at radius 1 is 1.23 bits per heavy atom. The molecule has 0 atom stereocenters. The number of ether oxygens (including phenoxy) is 1. The standard InChI is InChI=1S/C20H16N2O3S/c1-25-18-6-5-13(9-15(18)12-7-8-26-11-12)21-20(24)14-3-2-4-17-16(14)10-19(23)22-17/h2-9,11H,10H2,1H3,(H,21,24)(H,22,23). The highest BCUT2D eigenvalue weighted by Gasteiger charge is 2.23. The van der Waals surface area contributed by atoms with E-state index >= 15 is 0 Å². The van der Waals surface area contributed by atoms with E-state index in [1.165, 1.54) is 0 Å². The summed E-state index contributed by atoms with van der Waals surface area (Å²) in [5.74, 6) is 0.418. The van der Waals surface area contributed by atoms with Crippen molar-refractivity contribution in [1.82, 2.24) is 0 Å². The molecule has 2 aromatic carbocycles. The van der Waals surface area contributed by atoms with Gasteiger partial charge in [-0.1, -0.05) is 6.07 Å². The normalized spacial score (nSPS) is 12.4. The number of hydrogen-bond acceptors (Lipinski definition) is 4. The fourth-order valence-electron chi connectivity index (χ4n) is 3.09. The van der Waals surface area contributed by atoms with Crippen molar-refractivity contribution in [3.63, 3.8) is 0 Å². The van der Waals surface area contributed by atoms with Gasteiger partial charge in [0.2, 0.25) is 5.91 Å². The summed E-state index contributed by atoms with van der Waals surface area (Å²) in [6.45, 7) is 0. The maximum absolute atomic E-state index is 12.8. The second-order valence-corrected chi connectivity index (χ2v) is 6.72. The zero-order valence-corrected chi connectivity index (χ0v) is 14.9. The van der Waals surface area contributed by atoms with E-state index in [4.69, 9.17) is 4.74 Å². The predicted octanol–water partition coefficient (Wildman–Crippen LogP) is 4.17. The van der Waals surface area contributed by atoms with Crippen LogP contribution >= 0.6 is 11.3 Å². The minimum Gasteiger partial charge on any atom is -0.496 e. The van der Waals surface area contributed by atoms with Crippen LogP contribution in [0.2, 0.25) is 0 Å². The van der Waals surface area contributed by atoms with E-state index in [0.29, 0.717) is 16.9 Å². The van der Waals surface area contributed by atoms with Crippen LogP contribution < -0.4 is 15.4 Å². The first-order valence-electron chi connectivity index (χ1n) is 8.09. The molecule has 0 fully saturated rings. The van der Waals surface area contributed by atoms with Crippen LogP contribution in [0.25, 0.3) is 11.1 Å². The lowest BCUT2D eigenvalue weighted by Crippen LogP contribution is -2.14. The Hall–Kier alpha value is -3.12. The summed E-state index contributed by atoms with van der Waals surface area (Å²) in [4.78, 5) is 24.4. The quantitative estimate of drug-likeness (QED) is 0.730. The average molecular weight is 364 g/mol. The highest BCUT2D eigenvalue weighted by Crippen LogP contribution is 2.34. The van der Waals surface area contributed by atoms with Crippen LogP contribution in [0.1, 0.15) is 15.9 Å². The van der Waals surface area contributed by atoms with Gasteiger partial charge in [-0.3, -0.25) is 9.59 Å². The lowest BCUT2D eigenvalue weighted by Gasteiger charge is -2.12. The third-order valence-electron chi connectivity index (χ3n) is 4.32. The highest BCUT2D eigenvalue weighted by molar-refractivity contribution is 7.08. The van der Waals surface area contributed by atoms with Gasteiger partial charge in [-0.05, 0) is 58.3 Å². The second kappa shape index (κ2) is 6.65. The van der Waals surface area contributed by atoms with Gasteiger partial charge in [0.05, 0.1) is 13.5 Å². The molecule has 4 rings (SSSR count). The number of benzene rings is 2. The minimum absolute atomic E-state index is 0.0931. The lowest BCUT2D eigenvalue weighted by molar-refractivity contribution is -0.115. The maximum atomic E-state index is 12.8. The van der Waals surface area contributed by atoms with Crippen molar-refractivity contribution in [2.24, 2.45) is 0 Å². The summed E-state index contributed by atoms with van der Waals surface area (Å²) in [5.41, 5.74) is 4.58. The van der Waals surface area contributed by atoms with Gasteiger partial charge in [0.15, 0.2) is 0 Å². The number of fused-ring (bicyclic) bond motifs is 1. The summed E-state index contributed by atoms with van der Waals surface area (Å²) in [7, 11) is 1.63. The van der Waals surface area contributed by atoms with Crippen molar-refractivity contribution in [3.8, 4) is 16.9 Å². The monoisotopic (exact) mass is 364 g/mol. The molecule has 2 amide bonds. The number of carbonyl (C=O) groups is 2. The van der Waals surface area contributed by atoms with Crippen molar-refractivity contribution in [2.45, 2.75) is 6.42 Å². The molecule has 0 bridgehead atoms. The molecule has 6 heteroatoms. The third-order valence-corrected chi connectivity index (χ3v) is 5.00. The van der Waals surface area contributed by atoms with Crippen molar-refractivity contribution < 1.29 is 14.3 Å².